The van der Waals surface area contributed by atoms with E-state index in [0.717, 1.165) is 12.8 Å². The van der Waals surface area contributed by atoms with Gasteiger partial charge in [-0.15, -0.1) is 0 Å². The van der Waals surface area contributed by atoms with Crippen molar-refractivity contribution in [1.82, 2.24) is 10.2 Å². The summed E-state index contributed by atoms with van der Waals surface area (Å²) in [5.74, 6) is -0.247. The average molecular weight is 372 g/mol. The number of anilines is 1. The van der Waals surface area contributed by atoms with Crippen molar-refractivity contribution in [3.8, 4) is 0 Å². The van der Waals surface area contributed by atoms with Gasteiger partial charge in [0, 0.05) is 11.7 Å². The molecule has 0 radical (unpaired) electrons. The normalized spacial score (nSPS) is 16.2. The Kier molecular flexibility index (Phi) is 6.90. The summed E-state index contributed by atoms with van der Waals surface area (Å²) in [5.41, 5.74) is 0.575. The van der Waals surface area contributed by atoms with Gasteiger partial charge >= 0.3 is 0 Å². The molecule has 132 valence electrons. The molecule has 1 aliphatic carbocycles. The number of likely N-dealkylation sites (N-methyl/N-ethyl adjacent to an activating group) is 1. The SMILES string of the molecule is C[C@@H](C(=O)NC1CCCC1)N(C)CC(=O)Nc1ccc(Cl)c(Cl)c1. The van der Waals surface area contributed by atoms with Crippen LogP contribution in [0.5, 0.6) is 0 Å². The molecule has 0 bridgehead atoms. The molecule has 2 N–H and O–H groups in total. The maximum Gasteiger partial charge on any atom is 0.238 e. The zero-order valence-electron chi connectivity index (χ0n) is 13.9. The maximum absolute atomic E-state index is 12.2. The second-order valence-corrected chi connectivity index (χ2v) is 7.07. The fraction of sp³-hybridized carbons (Fsp3) is 0.529. The van der Waals surface area contributed by atoms with E-state index in [0.29, 0.717) is 15.7 Å². The molecular weight excluding hydrogens is 349 g/mol. The maximum atomic E-state index is 12.2. The van der Waals surface area contributed by atoms with E-state index in [2.05, 4.69) is 10.6 Å². The monoisotopic (exact) mass is 371 g/mol. The summed E-state index contributed by atoms with van der Waals surface area (Å²) >= 11 is 11.8. The lowest BCUT2D eigenvalue weighted by Crippen LogP contribution is -2.48. The zero-order valence-corrected chi connectivity index (χ0v) is 15.5. The number of nitrogens with zero attached hydrogens (tertiary/aromatic N) is 1. The summed E-state index contributed by atoms with van der Waals surface area (Å²) in [7, 11) is 1.76. The number of amides is 2. The van der Waals surface area contributed by atoms with Gasteiger partial charge in [-0.05, 0) is 45.0 Å². The molecule has 1 saturated carbocycles. The number of hydrogen-bond acceptors (Lipinski definition) is 3. The van der Waals surface area contributed by atoms with E-state index in [1.165, 1.54) is 12.8 Å². The number of halogens is 2. The van der Waals surface area contributed by atoms with Gasteiger partial charge in [-0.3, -0.25) is 14.5 Å². The largest absolute Gasteiger partial charge is 0.352 e. The smallest absolute Gasteiger partial charge is 0.238 e. The molecule has 0 unspecified atom stereocenters. The van der Waals surface area contributed by atoms with Crippen LogP contribution in [0.1, 0.15) is 32.6 Å². The summed E-state index contributed by atoms with van der Waals surface area (Å²) in [5, 5.41) is 6.62. The topological polar surface area (TPSA) is 61.4 Å². The van der Waals surface area contributed by atoms with Crippen LogP contribution in [0.4, 0.5) is 5.69 Å². The number of nitrogens with one attached hydrogen (secondary N) is 2. The van der Waals surface area contributed by atoms with E-state index in [1.54, 1.807) is 37.1 Å². The Bertz CT molecular complexity index is 603. The van der Waals surface area contributed by atoms with Crippen molar-refractivity contribution in [2.75, 3.05) is 18.9 Å². The van der Waals surface area contributed by atoms with Crippen molar-refractivity contribution in [3.05, 3.63) is 28.2 Å². The fourth-order valence-electron chi connectivity index (χ4n) is 2.73. The second-order valence-electron chi connectivity index (χ2n) is 6.26. The van der Waals surface area contributed by atoms with E-state index in [9.17, 15) is 9.59 Å². The molecular formula is C17H23Cl2N3O2. The lowest BCUT2D eigenvalue weighted by Gasteiger charge is -2.25. The lowest BCUT2D eigenvalue weighted by molar-refractivity contribution is -0.127. The molecule has 24 heavy (non-hydrogen) atoms. The Balaban J connectivity index is 1.83. The van der Waals surface area contributed by atoms with Gasteiger partial charge < -0.3 is 10.6 Å². The molecule has 1 atom stereocenters. The number of benzene rings is 1. The highest BCUT2D eigenvalue weighted by Gasteiger charge is 2.24. The highest BCUT2D eigenvalue weighted by molar-refractivity contribution is 6.42. The number of carbonyl (C=O) groups is 2. The average Bonchev–Trinajstić information content (AvgIpc) is 3.02. The first kappa shape index (κ1) is 19.0. The number of hydrogen-bond donors (Lipinski definition) is 2. The summed E-state index contributed by atoms with van der Waals surface area (Å²) in [4.78, 5) is 26.1. The number of rotatable bonds is 6. The van der Waals surface area contributed by atoms with E-state index >= 15 is 0 Å². The molecule has 1 fully saturated rings. The highest BCUT2D eigenvalue weighted by atomic mass is 35.5. The summed E-state index contributed by atoms with van der Waals surface area (Å²) in [6.45, 7) is 1.91. The first-order valence-corrected chi connectivity index (χ1v) is 8.88. The van der Waals surface area contributed by atoms with Gasteiger partial charge in [-0.25, -0.2) is 0 Å². The van der Waals surface area contributed by atoms with Crippen molar-refractivity contribution >= 4 is 40.7 Å². The predicted octanol–water partition coefficient (Wildman–Crippen LogP) is 3.31. The van der Waals surface area contributed by atoms with Gasteiger partial charge in [0.1, 0.15) is 0 Å². The molecule has 2 amide bonds. The van der Waals surface area contributed by atoms with E-state index in [4.69, 9.17) is 23.2 Å². The van der Waals surface area contributed by atoms with Crippen LogP contribution < -0.4 is 10.6 Å². The van der Waals surface area contributed by atoms with Crippen molar-refractivity contribution in [2.45, 2.75) is 44.7 Å². The Labute approximate surface area is 152 Å². The van der Waals surface area contributed by atoms with Crippen molar-refractivity contribution in [3.63, 3.8) is 0 Å². The zero-order chi connectivity index (χ0) is 17.7. The van der Waals surface area contributed by atoms with Crippen LogP contribution in [-0.4, -0.2) is 42.4 Å². The Hall–Kier alpha value is -1.30. The molecule has 2 rings (SSSR count). The molecule has 0 aliphatic heterocycles. The van der Waals surface area contributed by atoms with E-state index < -0.39 is 0 Å². The van der Waals surface area contributed by atoms with Crippen molar-refractivity contribution < 1.29 is 9.59 Å². The Morgan fingerprint density at radius 3 is 2.54 bits per heavy atom. The number of carbonyl (C=O) groups excluding carboxylic acids is 2. The summed E-state index contributed by atoms with van der Waals surface area (Å²) < 4.78 is 0. The van der Waals surface area contributed by atoms with Gasteiger partial charge in [-0.2, -0.15) is 0 Å². The van der Waals surface area contributed by atoms with Gasteiger partial charge in [0.05, 0.1) is 22.6 Å². The molecule has 1 aromatic rings. The first-order valence-electron chi connectivity index (χ1n) is 8.12. The van der Waals surface area contributed by atoms with Crippen LogP contribution in [0.15, 0.2) is 18.2 Å². The van der Waals surface area contributed by atoms with Crippen molar-refractivity contribution in [2.24, 2.45) is 0 Å². The van der Waals surface area contributed by atoms with Gasteiger partial charge in [0.2, 0.25) is 11.8 Å². The fourth-order valence-corrected chi connectivity index (χ4v) is 3.03. The van der Waals surface area contributed by atoms with Gasteiger partial charge in [0.15, 0.2) is 0 Å². The van der Waals surface area contributed by atoms with E-state index in [-0.39, 0.29) is 30.4 Å². The molecule has 0 spiro atoms. The van der Waals surface area contributed by atoms with E-state index in [1.807, 2.05) is 0 Å². The second kappa shape index (κ2) is 8.70. The minimum absolute atomic E-state index is 0.0354. The first-order chi connectivity index (χ1) is 11.4. The quantitative estimate of drug-likeness (QED) is 0.806. The third-order valence-corrected chi connectivity index (χ3v) is 5.08. The van der Waals surface area contributed by atoms with Crippen LogP contribution >= 0.6 is 23.2 Å². The summed E-state index contributed by atoms with van der Waals surface area (Å²) in [6, 6.07) is 4.81. The minimum atomic E-state index is -0.370. The summed E-state index contributed by atoms with van der Waals surface area (Å²) in [6.07, 6.45) is 4.42. The predicted molar refractivity (Wildman–Crippen MR) is 97.6 cm³/mol. The molecule has 1 aromatic carbocycles. The molecule has 0 heterocycles. The van der Waals surface area contributed by atoms with Crippen LogP contribution in [0.3, 0.4) is 0 Å². The third kappa shape index (κ3) is 5.36. The molecule has 1 aliphatic rings. The third-order valence-electron chi connectivity index (χ3n) is 4.34. The Morgan fingerprint density at radius 2 is 1.92 bits per heavy atom. The van der Waals surface area contributed by atoms with Crippen LogP contribution in [0, 0.1) is 0 Å². The van der Waals surface area contributed by atoms with Gasteiger partial charge in [-0.1, -0.05) is 36.0 Å². The standard InChI is InChI=1S/C17H23Cl2N3O2/c1-11(17(24)21-12-5-3-4-6-12)22(2)10-16(23)20-13-7-8-14(18)15(19)9-13/h7-9,11-12H,3-6,10H2,1-2H3,(H,20,23)(H,21,24)/t11-/m0/s1. The Morgan fingerprint density at radius 1 is 1.25 bits per heavy atom. The molecule has 0 saturated heterocycles. The van der Waals surface area contributed by atoms with Crippen LogP contribution in [0.2, 0.25) is 10.0 Å². The molecule has 5 nitrogen and oxygen atoms in total. The van der Waals surface area contributed by atoms with Gasteiger partial charge in [0.25, 0.3) is 0 Å². The lowest BCUT2D eigenvalue weighted by atomic mass is 10.2. The van der Waals surface area contributed by atoms with Crippen LogP contribution in [0.25, 0.3) is 0 Å². The highest BCUT2D eigenvalue weighted by Crippen LogP contribution is 2.25. The van der Waals surface area contributed by atoms with Crippen molar-refractivity contribution in [1.29, 1.82) is 0 Å². The molecule has 7 heteroatoms. The molecule has 0 aromatic heterocycles. The minimum Gasteiger partial charge on any atom is -0.352 e. The van der Waals surface area contributed by atoms with Crippen LogP contribution in [-0.2, 0) is 9.59 Å².